The van der Waals surface area contributed by atoms with E-state index in [1.165, 1.54) is 25.7 Å². The van der Waals surface area contributed by atoms with Gasteiger partial charge in [-0.1, -0.05) is 12.8 Å². The predicted molar refractivity (Wildman–Crippen MR) is 49.7 cm³/mol. The molecule has 1 N–H and O–H groups in total. The minimum Gasteiger partial charge on any atom is -0.301 e. The molecule has 66 valence electrons. The van der Waals surface area contributed by atoms with E-state index in [-0.39, 0.29) is 0 Å². The molecule has 0 aromatic carbocycles. The zero-order valence-corrected chi connectivity index (χ0v) is 8.02. The average Bonchev–Trinajstić information content (AvgIpc) is 2.61. The number of rotatable bonds is 1. The van der Waals surface area contributed by atoms with Crippen LogP contribution in [0.25, 0.3) is 0 Å². The molecule has 0 aliphatic heterocycles. The third-order valence-electron chi connectivity index (χ3n) is 2.57. The van der Waals surface area contributed by atoms with E-state index in [0.717, 1.165) is 10.6 Å². The van der Waals surface area contributed by atoms with Gasteiger partial charge in [-0.05, 0) is 32.0 Å². The lowest BCUT2D eigenvalue weighted by Gasteiger charge is -2.11. The lowest BCUT2D eigenvalue weighted by molar-refractivity contribution is 0.500. The molecule has 1 aromatic heterocycles. The minimum atomic E-state index is 0.608. The van der Waals surface area contributed by atoms with Gasteiger partial charge in [0.15, 0.2) is 4.77 Å². The van der Waals surface area contributed by atoms with Crippen molar-refractivity contribution in [2.45, 2.75) is 38.6 Å². The quantitative estimate of drug-likeness (QED) is 0.678. The van der Waals surface area contributed by atoms with Crippen LogP contribution in [0.1, 0.15) is 37.5 Å². The van der Waals surface area contributed by atoms with E-state index in [1.54, 1.807) is 0 Å². The van der Waals surface area contributed by atoms with Crippen LogP contribution in [0.4, 0.5) is 0 Å². The van der Waals surface area contributed by atoms with Gasteiger partial charge in [0.2, 0.25) is 0 Å². The van der Waals surface area contributed by atoms with Crippen LogP contribution in [0, 0.1) is 11.7 Å². The fraction of sp³-hybridized carbons (Fsp3) is 0.750. The van der Waals surface area contributed by atoms with Crippen LogP contribution >= 0.6 is 12.2 Å². The molecule has 0 spiro atoms. The van der Waals surface area contributed by atoms with E-state index >= 15 is 0 Å². The Bertz CT molecular complexity index is 319. The zero-order valence-electron chi connectivity index (χ0n) is 7.21. The van der Waals surface area contributed by atoms with Crippen molar-refractivity contribution in [3.63, 3.8) is 0 Å². The van der Waals surface area contributed by atoms with Crippen molar-refractivity contribution in [1.82, 2.24) is 14.8 Å². The first kappa shape index (κ1) is 7.98. The summed E-state index contributed by atoms with van der Waals surface area (Å²) in [6.07, 6.45) is 5.18. The van der Waals surface area contributed by atoms with Crippen LogP contribution < -0.4 is 0 Å². The smallest absolute Gasteiger partial charge is 0.195 e. The highest BCUT2D eigenvalue weighted by molar-refractivity contribution is 7.71. The van der Waals surface area contributed by atoms with Gasteiger partial charge >= 0.3 is 0 Å². The molecule has 0 saturated heterocycles. The summed E-state index contributed by atoms with van der Waals surface area (Å²) < 4.78 is 2.93. The molecule has 4 heteroatoms. The number of aromatic nitrogens is 3. The number of hydrogen-bond acceptors (Lipinski definition) is 2. The van der Waals surface area contributed by atoms with Gasteiger partial charge in [-0.15, -0.1) is 0 Å². The monoisotopic (exact) mass is 183 g/mol. The Kier molecular flexibility index (Phi) is 2.00. The van der Waals surface area contributed by atoms with Gasteiger partial charge in [-0.25, -0.2) is 0 Å². The maximum absolute atomic E-state index is 5.15. The highest BCUT2D eigenvalue weighted by atomic mass is 32.1. The Morgan fingerprint density at radius 1 is 1.50 bits per heavy atom. The summed E-state index contributed by atoms with van der Waals surface area (Å²) >= 11 is 5.15. The van der Waals surface area contributed by atoms with Crippen molar-refractivity contribution in [3.05, 3.63) is 10.6 Å². The van der Waals surface area contributed by atoms with Crippen molar-refractivity contribution >= 4 is 12.2 Å². The number of H-pyrrole nitrogens is 1. The maximum atomic E-state index is 5.15. The van der Waals surface area contributed by atoms with Gasteiger partial charge in [-0.2, -0.15) is 5.10 Å². The van der Waals surface area contributed by atoms with Crippen LogP contribution in [0.5, 0.6) is 0 Å². The Morgan fingerprint density at radius 3 is 2.67 bits per heavy atom. The summed E-state index contributed by atoms with van der Waals surface area (Å²) in [4.78, 5) is 0. The van der Waals surface area contributed by atoms with Crippen molar-refractivity contribution < 1.29 is 0 Å². The Balaban J connectivity index is 2.37. The molecule has 0 atom stereocenters. The number of nitrogens with zero attached hydrogens (tertiary/aromatic N) is 2. The highest BCUT2D eigenvalue weighted by Crippen LogP contribution is 2.29. The molecule has 0 unspecified atom stereocenters. The molecule has 0 radical (unpaired) electrons. The van der Waals surface area contributed by atoms with Crippen molar-refractivity contribution in [3.8, 4) is 0 Å². The second-order valence-electron chi connectivity index (χ2n) is 3.38. The SMILES string of the molecule is Cc1n[nH]c(=S)n1C1CCCC1. The predicted octanol–water partition coefficient (Wildman–Crippen LogP) is 2.36. The van der Waals surface area contributed by atoms with E-state index in [2.05, 4.69) is 14.8 Å². The number of aryl methyl sites for hydroxylation is 1. The van der Waals surface area contributed by atoms with Gasteiger partial charge in [0.05, 0.1) is 0 Å². The van der Waals surface area contributed by atoms with Crippen molar-refractivity contribution in [2.75, 3.05) is 0 Å². The van der Waals surface area contributed by atoms with Crippen LogP contribution in [0.3, 0.4) is 0 Å². The minimum absolute atomic E-state index is 0.608. The largest absolute Gasteiger partial charge is 0.301 e. The molecular weight excluding hydrogens is 170 g/mol. The molecule has 1 saturated carbocycles. The highest BCUT2D eigenvalue weighted by Gasteiger charge is 2.18. The first-order valence-corrected chi connectivity index (χ1v) is 4.83. The third-order valence-corrected chi connectivity index (χ3v) is 2.86. The first-order chi connectivity index (χ1) is 5.79. The molecule has 12 heavy (non-hydrogen) atoms. The molecule has 1 fully saturated rings. The molecule has 1 heterocycles. The van der Waals surface area contributed by atoms with Gasteiger partial charge in [-0.3, -0.25) is 5.10 Å². The lowest BCUT2D eigenvalue weighted by atomic mass is 10.2. The van der Waals surface area contributed by atoms with Crippen LogP contribution in [-0.2, 0) is 0 Å². The second-order valence-corrected chi connectivity index (χ2v) is 3.77. The van der Waals surface area contributed by atoms with Crippen LogP contribution in [0.15, 0.2) is 0 Å². The van der Waals surface area contributed by atoms with Gasteiger partial charge in [0.25, 0.3) is 0 Å². The normalized spacial score (nSPS) is 18.8. The fourth-order valence-corrected chi connectivity index (χ4v) is 2.30. The summed E-state index contributed by atoms with van der Waals surface area (Å²) in [5, 5.41) is 6.94. The Labute approximate surface area is 76.8 Å². The van der Waals surface area contributed by atoms with E-state index in [1.807, 2.05) is 6.92 Å². The molecule has 0 bridgehead atoms. The molecule has 0 amide bonds. The molecule has 3 nitrogen and oxygen atoms in total. The van der Waals surface area contributed by atoms with Gasteiger partial charge < -0.3 is 4.57 Å². The van der Waals surface area contributed by atoms with Gasteiger partial charge in [0, 0.05) is 6.04 Å². The Hall–Kier alpha value is -0.640. The van der Waals surface area contributed by atoms with E-state index < -0.39 is 0 Å². The standard InChI is InChI=1S/C8H13N3S/c1-6-9-10-8(12)11(6)7-4-2-3-5-7/h7H,2-5H2,1H3,(H,10,12). The third kappa shape index (κ3) is 1.20. The summed E-state index contributed by atoms with van der Waals surface area (Å²) in [7, 11) is 0. The van der Waals surface area contributed by atoms with Crippen LogP contribution in [-0.4, -0.2) is 14.8 Å². The summed E-state index contributed by atoms with van der Waals surface area (Å²) in [5.74, 6) is 1.02. The van der Waals surface area contributed by atoms with E-state index in [0.29, 0.717) is 6.04 Å². The first-order valence-electron chi connectivity index (χ1n) is 4.42. The van der Waals surface area contributed by atoms with E-state index in [4.69, 9.17) is 12.2 Å². The zero-order chi connectivity index (χ0) is 8.55. The second kappa shape index (κ2) is 3.01. The summed E-state index contributed by atoms with van der Waals surface area (Å²) in [5.41, 5.74) is 0. The molecule has 1 aliphatic carbocycles. The maximum Gasteiger partial charge on any atom is 0.195 e. The summed E-state index contributed by atoms with van der Waals surface area (Å²) in [6, 6.07) is 0.608. The molecule has 1 aromatic rings. The molecular formula is C8H13N3S. The lowest BCUT2D eigenvalue weighted by Crippen LogP contribution is -2.06. The summed E-state index contributed by atoms with van der Waals surface area (Å²) in [6.45, 7) is 2.00. The number of aromatic amines is 1. The van der Waals surface area contributed by atoms with Gasteiger partial charge in [0.1, 0.15) is 5.82 Å². The van der Waals surface area contributed by atoms with Crippen LogP contribution in [0.2, 0.25) is 0 Å². The van der Waals surface area contributed by atoms with E-state index in [9.17, 15) is 0 Å². The fourth-order valence-electron chi connectivity index (χ4n) is 1.98. The molecule has 2 rings (SSSR count). The van der Waals surface area contributed by atoms with Crippen molar-refractivity contribution in [2.24, 2.45) is 0 Å². The molecule has 1 aliphatic rings. The van der Waals surface area contributed by atoms with Crippen molar-refractivity contribution in [1.29, 1.82) is 0 Å². The number of hydrogen-bond donors (Lipinski definition) is 1. The average molecular weight is 183 g/mol. The topological polar surface area (TPSA) is 33.6 Å². The Morgan fingerprint density at radius 2 is 2.17 bits per heavy atom. The number of nitrogens with one attached hydrogen (secondary N) is 1.